The summed E-state index contributed by atoms with van der Waals surface area (Å²) in [6.07, 6.45) is 0. The van der Waals surface area contributed by atoms with Crippen molar-refractivity contribution in [2.75, 3.05) is 25.6 Å². The summed E-state index contributed by atoms with van der Waals surface area (Å²) in [5.41, 5.74) is 1.14. The number of aromatic nitrogens is 1. The number of hydrogen-bond donors (Lipinski definition) is 1. The molecule has 1 N–H and O–H groups in total. The average molecular weight is 386 g/mol. The fourth-order valence-electron chi connectivity index (χ4n) is 2.36. The first-order chi connectivity index (χ1) is 13.1. The molecule has 1 aromatic heterocycles. The lowest BCUT2D eigenvalue weighted by molar-refractivity contribution is -0.118. The Hall–Kier alpha value is -3.13. The van der Waals surface area contributed by atoms with Crippen LogP contribution in [0.1, 0.15) is 17.3 Å². The number of fused-ring (bicyclic) bond motifs is 1. The molecule has 0 unspecified atom stereocenters. The van der Waals surface area contributed by atoms with E-state index < -0.39 is 0 Å². The molecular formula is C19H18N2O5S. The van der Waals surface area contributed by atoms with E-state index in [0.29, 0.717) is 34.3 Å². The van der Waals surface area contributed by atoms with Gasteiger partial charge in [0.2, 0.25) is 0 Å². The predicted molar refractivity (Wildman–Crippen MR) is 103 cm³/mol. The fourth-order valence-corrected chi connectivity index (χ4v) is 3.28. The van der Waals surface area contributed by atoms with Gasteiger partial charge in [-0.25, -0.2) is 9.78 Å². The number of ether oxygens (including phenoxy) is 3. The topological polar surface area (TPSA) is 86.8 Å². The standard InChI is InChI=1S/C19H18N2O5S/c1-3-25-18(23)12-8-9-13-16(10-12)27-19(20-13)21-17(22)11-26-15-7-5-4-6-14(15)24-2/h4-10H,3,11H2,1-2H3,(H,20,21,22). The van der Waals surface area contributed by atoms with Crippen LogP contribution in [0, 0.1) is 0 Å². The highest BCUT2D eigenvalue weighted by Gasteiger charge is 2.13. The van der Waals surface area contributed by atoms with Crippen molar-refractivity contribution in [1.82, 2.24) is 4.98 Å². The summed E-state index contributed by atoms with van der Waals surface area (Å²) in [7, 11) is 1.54. The summed E-state index contributed by atoms with van der Waals surface area (Å²) >= 11 is 1.27. The minimum absolute atomic E-state index is 0.176. The van der Waals surface area contributed by atoms with Gasteiger partial charge in [-0.05, 0) is 37.3 Å². The van der Waals surface area contributed by atoms with Crippen LogP contribution in [0.3, 0.4) is 0 Å². The zero-order chi connectivity index (χ0) is 19.2. The minimum Gasteiger partial charge on any atom is -0.493 e. The number of para-hydroxylation sites is 2. The number of esters is 1. The first kappa shape index (κ1) is 18.7. The lowest BCUT2D eigenvalue weighted by Gasteiger charge is -2.09. The summed E-state index contributed by atoms with van der Waals surface area (Å²) in [5.74, 6) is 0.310. The molecule has 1 heterocycles. The molecule has 3 aromatic rings. The number of methoxy groups -OCH3 is 1. The summed E-state index contributed by atoms with van der Waals surface area (Å²) in [5, 5.41) is 3.13. The monoisotopic (exact) mass is 386 g/mol. The van der Waals surface area contributed by atoms with Gasteiger partial charge in [-0.15, -0.1) is 0 Å². The first-order valence-corrected chi connectivity index (χ1v) is 9.05. The highest BCUT2D eigenvalue weighted by Crippen LogP contribution is 2.28. The van der Waals surface area contributed by atoms with Crippen LogP contribution in [0.4, 0.5) is 5.13 Å². The molecule has 0 spiro atoms. The normalized spacial score (nSPS) is 10.4. The van der Waals surface area contributed by atoms with Gasteiger partial charge < -0.3 is 14.2 Å². The van der Waals surface area contributed by atoms with Crippen LogP contribution in [0.25, 0.3) is 10.2 Å². The molecule has 1 amide bonds. The van der Waals surface area contributed by atoms with E-state index in [1.54, 1.807) is 43.3 Å². The lowest BCUT2D eigenvalue weighted by Crippen LogP contribution is -2.20. The Balaban J connectivity index is 1.65. The molecule has 27 heavy (non-hydrogen) atoms. The van der Waals surface area contributed by atoms with Crippen molar-refractivity contribution in [2.24, 2.45) is 0 Å². The van der Waals surface area contributed by atoms with Gasteiger partial charge in [-0.2, -0.15) is 0 Å². The van der Waals surface area contributed by atoms with Crippen molar-refractivity contribution in [2.45, 2.75) is 6.92 Å². The molecule has 8 heteroatoms. The molecule has 2 aromatic carbocycles. The van der Waals surface area contributed by atoms with E-state index in [-0.39, 0.29) is 18.5 Å². The number of anilines is 1. The second-order valence-corrected chi connectivity index (χ2v) is 6.44. The third-order valence-corrected chi connectivity index (χ3v) is 4.51. The molecule has 0 bridgehead atoms. The van der Waals surface area contributed by atoms with Crippen LogP contribution in [-0.2, 0) is 9.53 Å². The smallest absolute Gasteiger partial charge is 0.338 e. The van der Waals surface area contributed by atoms with Crippen LogP contribution in [0.2, 0.25) is 0 Å². The van der Waals surface area contributed by atoms with E-state index >= 15 is 0 Å². The molecule has 7 nitrogen and oxygen atoms in total. The van der Waals surface area contributed by atoms with Crippen LogP contribution in [0.15, 0.2) is 42.5 Å². The Labute approximate surface area is 159 Å². The molecule has 0 atom stereocenters. The molecular weight excluding hydrogens is 368 g/mol. The largest absolute Gasteiger partial charge is 0.493 e. The number of rotatable bonds is 7. The van der Waals surface area contributed by atoms with Crippen molar-refractivity contribution < 1.29 is 23.8 Å². The van der Waals surface area contributed by atoms with E-state index in [1.165, 1.54) is 18.4 Å². The zero-order valence-corrected chi connectivity index (χ0v) is 15.7. The molecule has 0 saturated carbocycles. The number of hydrogen-bond acceptors (Lipinski definition) is 7. The molecule has 0 aliphatic rings. The highest BCUT2D eigenvalue weighted by atomic mass is 32.1. The molecule has 140 valence electrons. The van der Waals surface area contributed by atoms with Gasteiger partial charge in [-0.1, -0.05) is 23.5 Å². The second-order valence-electron chi connectivity index (χ2n) is 5.41. The predicted octanol–water partition coefficient (Wildman–Crippen LogP) is 3.50. The molecule has 0 saturated heterocycles. The van der Waals surface area contributed by atoms with Crippen molar-refractivity contribution >= 4 is 38.6 Å². The molecule has 0 aliphatic carbocycles. The highest BCUT2D eigenvalue weighted by molar-refractivity contribution is 7.22. The summed E-state index contributed by atoms with van der Waals surface area (Å²) in [4.78, 5) is 28.3. The molecule has 0 fully saturated rings. The molecule has 3 rings (SSSR count). The summed E-state index contributed by atoms with van der Waals surface area (Å²) in [6, 6.07) is 12.2. The number of nitrogens with one attached hydrogen (secondary N) is 1. The third-order valence-electron chi connectivity index (χ3n) is 3.57. The van der Waals surface area contributed by atoms with Crippen molar-refractivity contribution in [3.8, 4) is 11.5 Å². The number of benzene rings is 2. The third kappa shape index (κ3) is 4.53. The fraction of sp³-hybridized carbons (Fsp3) is 0.211. The Morgan fingerprint density at radius 1 is 1.15 bits per heavy atom. The van der Waals surface area contributed by atoms with Gasteiger partial charge >= 0.3 is 5.97 Å². The van der Waals surface area contributed by atoms with Crippen molar-refractivity contribution in [3.05, 3.63) is 48.0 Å². The Kier molecular flexibility index (Phi) is 5.87. The number of carbonyl (C=O) groups is 2. The molecule has 0 radical (unpaired) electrons. The number of thiazole rings is 1. The van der Waals surface area contributed by atoms with Gasteiger partial charge in [0.05, 0.1) is 29.5 Å². The Morgan fingerprint density at radius 2 is 1.93 bits per heavy atom. The summed E-state index contributed by atoms with van der Waals surface area (Å²) < 4.78 is 16.4. The van der Waals surface area contributed by atoms with Gasteiger partial charge in [0.1, 0.15) is 0 Å². The maximum absolute atomic E-state index is 12.1. The minimum atomic E-state index is -0.386. The van der Waals surface area contributed by atoms with Crippen LogP contribution in [0.5, 0.6) is 11.5 Å². The maximum atomic E-state index is 12.1. The van der Waals surface area contributed by atoms with Crippen LogP contribution < -0.4 is 14.8 Å². The molecule has 0 aliphatic heterocycles. The number of nitrogens with zero attached hydrogens (tertiary/aromatic N) is 1. The van der Waals surface area contributed by atoms with Crippen LogP contribution >= 0.6 is 11.3 Å². The van der Waals surface area contributed by atoms with Crippen molar-refractivity contribution in [1.29, 1.82) is 0 Å². The summed E-state index contributed by atoms with van der Waals surface area (Å²) in [6.45, 7) is 1.89. The van der Waals surface area contributed by atoms with E-state index in [2.05, 4.69) is 10.3 Å². The van der Waals surface area contributed by atoms with Crippen molar-refractivity contribution in [3.63, 3.8) is 0 Å². The number of carbonyl (C=O) groups excluding carboxylic acids is 2. The number of amides is 1. The first-order valence-electron chi connectivity index (χ1n) is 8.24. The zero-order valence-electron chi connectivity index (χ0n) is 14.9. The van der Waals surface area contributed by atoms with E-state index in [4.69, 9.17) is 14.2 Å². The lowest BCUT2D eigenvalue weighted by atomic mass is 10.2. The Bertz CT molecular complexity index is 970. The SMILES string of the molecule is CCOC(=O)c1ccc2nc(NC(=O)COc3ccccc3OC)sc2c1. The van der Waals surface area contributed by atoms with Crippen LogP contribution in [-0.4, -0.2) is 37.2 Å². The Morgan fingerprint density at radius 3 is 2.67 bits per heavy atom. The van der Waals surface area contributed by atoms with Gasteiger partial charge in [-0.3, -0.25) is 10.1 Å². The van der Waals surface area contributed by atoms with Gasteiger partial charge in [0.15, 0.2) is 23.2 Å². The average Bonchev–Trinajstić information content (AvgIpc) is 3.08. The van der Waals surface area contributed by atoms with E-state index in [9.17, 15) is 9.59 Å². The quantitative estimate of drug-likeness (QED) is 0.626. The van der Waals surface area contributed by atoms with Gasteiger partial charge in [0.25, 0.3) is 5.91 Å². The van der Waals surface area contributed by atoms with Gasteiger partial charge in [0, 0.05) is 0 Å². The second kappa shape index (κ2) is 8.50. The maximum Gasteiger partial charge on any atom is 0.338 e. The van der Waals surface area contributed by atoms with E-state index in [1.807, 2.05) is 6.07 Å². The van der Waals surface area contributed by atoms with E-state index in [0.717, 1.165) is 4.70 Å².